The minimum Gasteiger partial charge on any atom is -0.459 e. The van der Waals surface area contributed by atoms with E-state index in [4.69, 9.17) is 23.7 Å². The number of amides is 1. The number of cyclic esters (lactones) is 1. The molecule has 0 spiro atoms. The summed E-state index contributed by atoms with van der Waals surface area (Å²) in [7, 11) is 3.77. The number of fused-ring (bicyclic) bond motifs is 5. The number of aliphatic imine (C=N–C) groups is 1. The van der Waals surface area contributed by atoms with Gasteiger partial charge in [-0.25, -0.2) is 4.99 Å². The maximum Gasteiger partial charge on any atom is 0.316 e. The molecule has 3 saturated heterocycles. The Balaban J connectivity index is 1.99. The number of hydrogen-bond donors (Lipinski definition) is 2. The summed E-state index contributed by atoms with van der Waals surface area (Å²) in [5.74, 6) is -4.95. The summed E-state index contributed by atoms with van der Waals surface area (Å²) >= 11 is 0. The van der Waals surface area contributed by atoms with E-state index in [0.29, 0.717) is 12.1 Å². The van der Waals surface area contributed by atoms with Gasteiger partial charge in [-0.05, 0) is 78.1 Å². The van der Waals surface area contributed by atoms with Gasteiger partial charge in [0.1, 0.15) is 23.7 Å². The van der Waals surface area contributed by atoms with E-state index in [-0.39, 0.29) is 38.2 Å². The molecular weight excluding hydrogens is 680 g/mol. The fourth-order valence-corrected chi connectivity index (χ4v) is 8.44. The Labute approximate surface area is 315 Å². The van der Waals surface area contributed by atoms with Gasteiger partial charge < -0.3 is 38.8 Å². The number of ether oxygens (including phenoxy) is 5. The second-order valence-electron chi connectivity index (χ2n) is 16.1. The number of rotatable bonds is 5. The number of carbonyl (C=O) groups excluding carboxylic acids is 3. The Hall–Kier alpha value is -2.84. The number of Topliss-reactive ketones (excluding diaryl/α,β-unsaturated/α-hetero) is 1. The molecule has 1 amide bonds. The summed E-state index contributed by atoms with van der Waals surface area (Å²) < 4.78 is 32.6. The van der Waals surface area contributed by atoms with E-state index in [9.17, 15) is 24.6 Å². The summed E-state index contributed by atoms with van der Waals surface area (Å²) in [5.41, 5.74) is -0.958. The van der Waals surface area contributed by atoms with Crippen molar-refractivity contribution in [3.05, 3.63) is 41.5 Å². The largest absolute Gasteiger partial charge is 0.459 e. The lowest BCUT2D eigenvalue weighted by molar-refractivity contribution is -0.296. The molecule has 296 valence electrons. The van der Waals surface area contributed by atoms with Crippen molar-refractivity contribution < 1.29 is 48.3 Å². The highest BCUT2D eigenvalue weighted by Crippen LogP contribution is 2.40. The normalized spacial score (nSPS) is 41.1. The Morgan fingerprint density at radius 2 is 1.72 bits per heavy atom. The summed E-state index contributed by atoms with van der Waals surface area (Å²) in [5, 5.41) is 24.0. The zero-order valence-electron chi connectivity index (χ0n) is 33.4. The van der Waals surface area contributed by atoms with Gasteiger partial charge in [-0.1, -0.05) is 64.1 Å². The van der Waals surface area contributed by atoms with Crippen LogP contribution in [0.4, 0.5) is 0 Å². The second-order valence-corrected chi connectivity index (χ2v) is 16.1. The molecule has 3 aliphatic rings. The molecule has 0 saturated carbocycles. The SMILES string of the molecule is CC[C@H]1OC(=O)[C@H](C)C(=O)[C@H](C)[C@@H](O[C@@H]2O[C@H](C)C[C@H](N(C)C)[C@H]2O)[C@@]2(C)C[C@@H](C)C(=NC(C)=O)[C@H](C)C(OC/C(=C\c3ccccc3)CO2)[C@]1(C)O. The van der Waals surface area contributed by atoms with E-state index >= 15 is 0 Å². The smallest absolute Gasteiger partial charge is 0.316 e. The minimum absolute atomic E-state index is 0.0190. The van der Waals surface area contributed by atoms with Gasteiger partial charge in [0.15, 0.2) is 12.1 Å². The van der Waals surface area contributed by atoms with Gasteiger partial charge in [0.2, 0.25) is 5.91 Å². The summed E-state index contributed by atoms with van der Waals surface area (Å²) in [6.07, 6.45) is -2.62. The van der Waals surface area contributed by atoms with Crippen molar-refractivity contribution in [2.75, 3.05) is 27.3 Å². The third kappa shape index (κ3) is 9.89. The van der Waals surface area contributed by atoms with Crippen LogP contribution in [0.25, 0.3) is 6.08 Å². The molecule has 0 aliphatic carbocycles. The summed E-state index contributed by atoms with van der Waals surface area (Å²) in [6, 6.07) is 9.41. The zero-order chi connectivity index (χ0) is 39.4. The molecule has 1 unspecified atom stereocenters. The third-order valence-corrected chi connectivity index (χ3v) is 11.3. The van der Waals surface area contributed by atoms with Crippen LogP contribution in [0.3, 0.4) is 0 Å². The molecule has 1 aromatic rings. The highest BCUT2D eigenvalue weighted by Gasteiger charge is 2.53. The average molecular weight is 743 g/mol. The molecular formula is C41H62N2O10. The van der Waals surface area contributed by atoms with Crippen LogP contribution in [0.15, 0.2) is 40.9 Å². The number of aliphatic hydroxyl groups is 2. The number of nitrogens with zero attached hydrogens (tertiary/aromatic N) is 2. The Kier molecular flexibility index (Phi) is 14.4. The van der Waals surface area contributed by atoms with E-state index < -0.39 is 83.2 Å². The van der Waals surface area contributed by atoms with Crippen molar-refractivity contribution in [3.63, 3.8) is 0 Å². The first kappa shape index (κ1) is 42.9. The van der Waals surface area contributed by atoms with Crippen molar-refractivity contribution in [1.29, 1.82) is 0 Å². The molecule has 4 rings (SSSR count). The molecule has 3 aliphatic heterocycles. The lowest BCUT2D eigenvalue weighted by Crippen LogP contribution is -2.60. The molecule has 53 heavy (non-hydrogen) atoms. The van der Waals surface area contributed by atoms with Gasteiger partial charge in [0, 0.05) is 30.5 Å². The fourth-order valence-electron chi connectivity index (χ4n) is 8.44. The predicted molar refractivity (Wildman–Crippen MR) is 201 cm³/mol. The van der Waals surface area contributed by atoms with Gasteiger partial charge in [-0.3, -0.25) is 14.4 Å². The number of esters is 1. The number of ketones is 1. The van der Waals surface area contributed by atoms with Gasteiger partial charge in [-0.2, -0.15) is 0 Å². The first-order chi connectivity index (χ1) is 24.8. The highest BCUT2D eigenvalue weighted by molar-refractivity contribution is 6.00. The number of benzene rings is 1. The summed E-state index contributed by atoms with van der Waals surface area (Å²) in [6.45, 7) is 15.5. The van der Waals surface area contributed by atoms with Gasteiger partial charge in [0.25, 0.3) is 0 Å². The van der Waals surface area contributed by atoms with Crippen LogP contribution < -0.4 is 0 Å². The van der Waals surface area contributed by atoms with E-state index in [1.54, 1.807) is 20.8 Å². The molecule has 1 aromatic carbocycles. The molecule has 2 N–H and O–H groups in total. The standard InChI is InChI=1S/C41H62N2O10/c1-12-32-41(9,48)37-25(4)33(42-28(7)44)23(2)20-40(8,50-22-30(21-49-37)19-29-16-14-13-15-17-29)36(26(5)34(45)27(6)38(47)52-32)53-39-35(46)31(43(10)11)18-24(3)51-39/h13-17,19,23-27,31-32,35-37,39,46,48H,12,18,20-22H2,1-11H3/b30-19+,42-33?/t23-,24-,25+,26+,27-,31+,32-,35-,36-,37?,39+,40-,41-/m1/s1. The van der Waals surface area contributed by atoms with Gasteiger partial charge in [0.05, 0.1) is 37.1 Å². The van der Waals surface area contributed by atoms with Crippen LogP contribution in [0.1, 0.15) is 87.1 Å². The van der Waals surface area contributed by atoms with Crippen LogP contribution in [0, 0.1) is 23.7 Å². The van der Waals surface area contributed by atoms with Crippen molar-refractivity contribution in [2.24, 2.45) is 28.7 Å². The average Bonchev–Trinajstić information content (AvgIpc) is 3.11. The lowest BCUT2D eigenvalue weighted by atomic mass is 9.73. The Morgan fingerprint density at radius 1 is 1.06 bits per heavy atom. The molecule has 12 nitrogen and oxygen atoms in total. The van der Waals surface area contributed by atoms with Crippen LogP contribution in [-0.2, 0) is 38.1 Å². The van der Waals surface area contributed by atoms with Crippen LogP contribution >= 0.6 is 0 Å². The van der Waals surface area contributed by atoms with Crippen LogP contribution in [-0.4, -0.2) is 120 Å². The van der Waals surface area contributed by atoms with Crippen molar-refractivity contribution in [3.8, 4) is 0 Å². The van der Waals surface area contributed by atoms with E-state index in [2.05, 4.69) is 4.99 Å². The number of aliphatic hydroxyl groups excluding tert-OH is 1. The van der Waals surface area contributed by atoms with Crippen LogP contribution in [0.5, 0.6) is 0 Å². The van der Waals surface area contributed by atoms with E-state index in [1.165, 1.54) is 13.8 Å². The first-order valence-corrected chi connectivity index (χ1v) is 19.0. The maximum absolute atomic E-state index is 14.4. The lowest BCUT2D eigenvalue weighted by Gasteiger charge is -2.47. The Morgan fingerprint density at radius 3 is 2.32 bits per heavy atom. The number of likely N-dealkylation sites (N-methyl/N-ethyl adjacent to an activating group) is 1. The predicted octanol–water partition coefficient (Wildman–Crippen LogP) is 4.63. The fraction of sp³-hybridized carbons (Fsp3) is 0.707. The highest BCUT2D eigenvalue weighted by atomic mass is 16.7. The molecule has 2 bridgehead atoms. The molecule has 3 fully saturated rings. The van der Waals surface area contributed by atoms with E-state index in [0.717, 1.165) is 11.1 Å². The van der Waals surface area contributed by atoms with E-state index in [1.807, 2.05) is 83.1 Å². The van der Waals surface area contributed by atoms with Crippen molar-refractivity contribution in [1.82, 2.24) is 4.90 Å². The monoisotopic (exact) mass is 742 g/mol. The molecule has 3 heterocycles. The molecule has 0 radical (unpaired) electrons. The first-order valence-electron chi connectivity index (χ1n) is 19.0. The quantitative estimate of drug-likeness (QED) is 0.321. The summed E-state index contributed by atoms with van der Waals surface area (Å²) in [4.78, 5) is 47.4. The number of hydrogen-bond acceptors (Lipinski definition) is 11. The van der Waals surface area contributed by atoms with Crippen molar-refractivity contribution >= 4 is 29.4 Å². The second kappa shape index (κ2) is 17.7. The van der Waals surface area contributed by atoms with Crippen LogP contribution in [0.2, 0.25) is 0 Å². The molecule has 0 aromatic heterocycles. The third-order valence-electron chi connectivity index (χ3n) is 11.3. The van der Waals surface area contributed by atoms with Gasteiger partial charge >= 0.3 is 5.97 Å². The minimum atomic E-state index is -1.77. The zero-order valence-corrected chi connectivity index (χ0v) is 33.4. The van der Waals surface area contributed by atoms with Gasteiger partial charge in [-0.15, -0.1) is 0 Å². The molecule has 12 heteroatoms. The molecule has 13 atom stereocenters. The number of carbonyl (C=O) groups is 3. The van der Waals surface area contributed by atoms with Crippen molar-refractivity contribution in [2.45, 2.75) is 136 Å². The topological polar surface area (TPSA) is 153 Å². The maximum atomic E-state index is 14.4. The Bertz CT molecular complexity index is 1490.